The molecule has 0 aliphatic carbocycles. The minimum Gasteiger partial charge on any atom is -0.383 e. The van der Waals surface area contributed by atoms with Gasteiger partial charge in [0.05, 0.1) is 13.2 Å². The second kappa shape index (κ2) is 9.75. The third kappa shape index (κ3) is 5.49. The molecule has 0 aliphatic heterocycles. The fraction of sp³-hybridized carbons (Fsp3) is 0.625. The molecule has 1 aromatic rings. The molecule has 0 aromatic heterocycles. The minimum absolute atomic E-state index is 0.748. The van der Waals surface area contributed by atoms with Crippen molar-refractivity contribution < 1.29 is 9.47 Å². The first-order valence-electron chi connectivity index (χ1n) is 7.26. The van der Waals surface area contributed by atoms with Gasteiger partial charge in [0.1, 0.15) is 0 Å². The van der Waals surface area contributed by atoms with Gasteiger partial charge in [0.2, 0.25) is 0 Å². The molecule has 114 valence electrons. The van der Waals surface area contributed by atoms with Crippen LogP contribution in [0.15, 0.2) is 18.2 Å². The third-order valence-electron chi connectivity index (χ3n) is 3.44. The SMILES string of the molecule is CCN(CCOC)c1ccc(CNCCOC)c(C)c1. The number of hydrogen-bond donors (Lipinski definition) is 1. The molecule has 0 bridgehead atoms. The largest absolute Gasteiger partial charge is 0.383 e. The van der Waals surface area contributed by atoms with Gasteiger partial charge in [0.15, 0.2) is 0 Å². The number of ether oxygens (including phenoxy) is 2. The highest BCUT2D eigenvalue weighted by atomic mass is 16.5. The number of likely N-dealkylation sites (N-methyl/N-ethyl adjacent to an activating group) is 1. The Bertz CT molecular complexity index is 383. The molecule has 0 atom stereocenters. The van der Waals surface area contributed by atoms with Gasteiger partial charge in [-0.3, -0.25) is 0 Å². The van der Waals surface area contributed by atoms with Crippen molar-refractivity contribution in [2.75, 3.05) is 52.0 Å². The van der Waals surface area contributed by atoms with Crippen LogP contribution in [0.25, 0.3) is 0 Å². The molecule has 0 aliphatic rings. The Morgan fingerprint density at radius 2 is 1.90 bits per heavy atom. The van der Waals surface area contributed by atoms with E-state index in [0.717, 1.165) is 39.4 Å². The van der Waals surface area contributed by atoms with Gasteiger partial charge in [0.25, 0.3) is 0 Å². The summed E-state index contributed by atoms with van der Waals surface area (Å²) in [6, 6.07) is 6.66. The van der Waals surface area contributed by atoms with E-state index in [9.17, 15) is 0 Å². The van der Waals surface area contributed by atoms with Crippen LogP contribution in [0.5, 0.6) is 0 Å². The van der Waals surface area contributed by atoms with Crippen LogP contribution in [-0.2, 0) is 16.0 Å². The number of anilines is 1. The monoisotopic (exact) mass is 280 g/mol. The van der Waals surface area contributed by atoms with Crippen LogP contribution in [0.4, 0.5) is 5.69 Å². The molecule has 4 nitrogen and oxygen atoms in total. The highest BCUT2D eigenvalue weighted by molar-refractivity contribution is 5.50. The highest BCUT2D eigenvalue weighted by Crippen LogP contribution is 2.19. The van der Waals surface area contributed by atoms with E-state index in [1.54, 1.807) is 14.2 Å². The molecule has 1 aromatic carbocycles. The number of methoxy groups -OCH3 is 2. The maximum atomic E-state index is 5.16. The molecule has 1 rings (SSSR count). The summed E-state index contributed by atoms with van der Waals surface area (Å²) in [5.74, 6) is 0. The van der Waals surface area contributed by atoms with Gasteiger partial charge in [0, 0.05) is 46.1 Å². The Balaban J connectivity index is 2.61. The Morgan fingerprint density at radius 1 is 1.15 bits per heavy atom. The average molecular weight is 280 g/mol. The molecule has 0 amide bonds. The van der Waals surface area contributed by atoms with Crippen LogP contribution in [0, 0.1) is 6.92 Å². The normalized spacial score (nSPS) is 10.8. The number of benzene rings is 1. The van der Waals surface area contributed by atoms with E-state index in [0.29, 0.717) is 0 Å². The van der Waals surface area contributed by atoms with Crippen LogP contribution in [0.3, 0.4) is 0 Å². The van der Waals surface area contributed by atoms with Crippen molar-refractivity contribution in [1.82, 2.24) is 5.32 Å². The Hall–Kier alpha value is -1.10. The first-order chi connectivity index (χ1) is 9.72. The summed E-state index contributed by atoms with van der Waals surface area (Å²) in [6.07, 6.45) is 0. The average Bonchev–Trinajstić information content (AvgIpc) is 2.46. The lowest BCUT2D eigenvalue weighted by Gasteiger charge is -2.23. The third-order valence-corrected chi connectivity index (χ3v) is 3.44. The zero-order chi connectivity index (χ0) is 14.8. The van der Waals surface area contributed by atoms with Crippen molar-refractivity contribution in [2.24, 2.45) is 0 Å². The number of aryl methyl sites for hydroxylation is 1. The second-order valence-corrected chi connectivity index (χ2v) is 4.85. The van der Waals surface area contributed by atoms with Crippen molar-refractivity contribution in [2.45, 2.75) is 20.4 Å². The lowest BCUT2D eigenvalue weighted by atomic mass is 10.1. The highest BCUT2D eigenvalue weighted by Gasteiger charge is 2.06. The zero-order valence-electron chi connectivity index (χ0n) is 13.2. The van der Waals surface area contributed by atoms with Gasteiger partial charge in [-0.2, -0.15) is 0 Å². The van der Waals surface area contributed by atoms with Crippen LogP contribution in [-0.4, -0.2) is 47.1 Å². The van der Waals surface area contributed by atoms with Crippen LogP contribution in [0.1, 0.15) is 18.1 Å². The molecular formula is C16H28N2O2. The van der Waals surface area contributed by atoms with Crippen molar-refractivity contribution in [1.29, 1.82) is 0 Å². The Kier molecular flexibility index (Phi) is 8.26. The summed E-state index contributed by atoms with van der Waals surface area (Å²) in [4.78, 5) is 2.33. The molecule has 1 N–H and O–H groups in total. The van der Waals surface area contributed by atoms with E-state index < -0.39 is 0 Å². The Morgan fingerprint density at radius 3 is 2.50 bits per heavy atom. The van der Waals surface area contributed by atoms with Crippen LogP contribution >= 0.6 is 0 Å². The molecule has 0 fully saturated rings. The first kappa shape index (κ1) is 17.0. The number of rotatable bonds is 10. The van der Waals surface area contributed by atoms with E-state index in [1.807, 2.05) is 0 Å². The minimum atomic E-state index is 0.748. The van der Waals surface area contributed by atoms with Crippen molar-refractivity contribution in [3.8, 4) is 0 Å². The molecule has 0 heterocycles. The van der Waals surface area contributed by atoms with E-state index in [4.69, 9.17) is 9.47 Å². The summed E-state index contributed by atoms with van der Waals surface area (Å²) in [5.41, 5.74) is 3.93. The van der Waals surface area contributed by atoms with Gasteiger partial charge < -0.3 is 19.7 Å². The van der Waals surface area contributed by atoms with Crippen molar-refractivity contribution in [3.63, 3.8) is 0 Å². The molecule has 0 saturated heterocycles. The predicted molar refractivity (Wildman–Crippen MR) is 84.5 cm³/mol. The second-order valence-electron chi connectivity index (χ2n) is 4.85. The van der Waals surface area contributed by atoms with Crippen LogP contribution < -0.4 is 10.2 Å². The molecule has 4 heteroatoms. The molecule has 0 saturated carbocycles. The van der Waals surface area contributed by atoms with E-state index >= 15 is 0 Å². The van der Waals surface area contributed by atoms with Crippen molar-refractivity contribution >= 4 is 5.69 Å². The maximum absolute atomic E-state index is 5.16. The van der Waals surface area contributed by atoms with E-state index in [1.165, 1.54) is 16.8 Å². The zero-order valence-corrected chi connectivity index (χ0v) is 13.2. The fourth-order valence-corrected chi connectivity index (χ4v) is 2.14. The van der Waals surface area contributed by atoms with Gasteiger partial charge in [-0.05, 0) is 37.1 Å². The summed E-state index contributed by atoms with van der Waals surface area (Å²) in [7, 11) is 3.47. The smallest absolute Gasteiger partial charge is 0.0637 e. The Labute approximate surface area is 123 Å². The summed E-state index contributed by atoms with van der Waals surface area (Å²) >= 11 is 0. The quantitative estimate of drug-likeness (QED) is 0.666. The van der Waals surface area contributed by atoms with E-state index in [-0.39, 0.29) is 0 Å². The molecule has 20 heavy (non-hydrogen) atoms. The molecule has 0 spiro atoms. The molecule has 0 unspecified atom stereocenters. The maximum Gasteiger partial charge on any atom is 0.0637 e. The lowest BCUT2D eigenvalue weighted by Crippen LogP contribution is -2.27. The molecular weight excluding hydrogens is 252 g/mol. The fourth-order valence-electron chi connectivity index (χ4n) is 2.14. The predicted octanol–water partition coefficient (Wildman–Crippen LogP) is 2.20. The number of nitrogens with one attached hydrogen (secondary N) is 1. The standard InChI is InChI=1S/C16H28N2O2/c1-5-18(9-11-20-4)16-7-6-15(14(2)12-16)13-17-8-10-19-3/h6-7,12,17H,5,8-11,13H2,1-4H3. The molecule has 0 radical (unpaired) electrons. The summed E-state index contributed by atoms with van der Waals surface area (Å²) in [5, 5.41) is 3.38. The van der Waals surface area contributed by atoms with Gasteiger partial charge >= 0.3 is 0 Å². The van der Waals surface area contributed by atoms with Gasteiger partial charge in [-0.15, -0.1) is 0 Å². The van der Waals surface area contributed by atoms with E-state index in [2.05, 4.69) is 42.3 Å². The number of nitrogens with zero attached hydrogens (tertiary/aromatic N) is 1. The summed E-state index contributed by atoms with van der Waals surface area (Å²) in [6.45, 7) is 9.54. The number of hydrogen-bond acceptors (Lipinski definition) is 4. The van der Waals surface area contributed by atoms with Gasteiger partial charge in [-0.25, -0.2) is 0 Å². The summed E-state index contributed by atoms with van der Waals surface area (Å²) < 4.78 is 10.2. The first-order valence-corrected chi connectivity index (χ1v) is 7.26. The van der Waals surface area contributed by atoms with Crippen LogP contribution in [0.2, 0.25) is 0 Å². The lowest BCUT2D eigenvalue weighted by molar-refractivity contribution is 0.199. The topological polar surface area (TPSA) is 33.7 Å². The van der Waals surface area contributed by atoms with Gasteiger partial charge in [-0.1, -0.05) is 6.07 Å². The van der Waals surface area contributed by atoms with Crippen molar-refractivity contribution in [3.05, 3.63) is 29.3 Å².